The predicted molar refractivity (Wildman–Crippen MR) is 145 cm³/mol. The van der Waals surface area contributed by atoms with E-state index in [0.29, 0.717) is 38.8 Å². The Morgan fingerprint density at radius 3 is 2.73 bits per heavy atom. The number of carbonyl (C=O) groups excluding carboxylic acids is 2. The lowest BCUT2D eigenvalue weighted by atomic mass is 10.0. The Balaban J connectivity index is 1.33. The standard InChI is InChI=1S/C27H26ClFN8O3/c1-14-6-18(8-19(29)7-14)22(13-38)32-25(39)15(2)37-12-17-5-4-16(9-20(17)26(37)40)24-21(28)10-30-27(34-24)33-23-11-31-36(3)35-23/h4-11,15,22,38H,12-13H2,1-3H3,(H,32,39)(H,30,33,34,35)/t15-,22-/m1/s1. The van der Waals surface area contributed by atoms with Gasteiger partial charge in [-0.15, -0.1) is 5.10 Å². The van der Waals surface area contributed by atoms with Gasteiger partial charge < -0.3 is 20.6 Å². The second kappa shape index (κ2) is 11.0. The number of carbonyl (C=O) groups is 2. The fourth-order valence-corrected chi connectivity index (χ4v) is 4.77. The molecule has 0 fully saturated rings. The molecule has 0 aliphatic carbocycles. The van der Waals surface area contributed by atoms with Crippen LogP contribution in [-0.4, -0.2) is 59.4 Å². The number of halogens is 2. The number of aromatic nitrogens is 5. The van der Waals surface area contributed by atoms with Crippen molar-refractivity contribution in [2.24, 2.45) is 7.05 Å². The number of aliphatic hydroxyl groups is 1. The molecule has 2 atom stereocenters. The summed E-state index contributed by atoms with van der Waals surface area (Å²) < 4.78 is 13.9. The van der Waals surface area contributed by atoms with Crippen LogP contribution in [0.2, 0.25) is 5.02 Å². The first-order valence-corrected chi connectivity index (χ1v) is 12.8. The number of benzene rings is 2. The first kappa shape index (κ1) is 27.2. The molecule has 2 aromatic carbocycles. The molecular weight excluding hydrogens is 539 g/mol. The van der Waals surface area contributed by atoms with E-state index in [2.05, 4.69) is 30.8 Å². The maximum Gasteiger partial charge on any atom is 0.255 e. The van der Waals surface area contributed by atoms with Crippen molar-refractivity contribution in [1.29, 1.82) is 0 Å². The number of aliphatic hydroxyl groups excluding tert-OH is 1. The van der Waals surface area contributed by atoms with Crippen molar-refractivity contribution in [3.8, 4) is 11.3 Å². The second-order valence-electron chi connectivity index (χ2n) is 9.52. The maximum atomic E-state index is 13.9. The number of anilines is 2. The fourth-order valence-electron chi connectivity index (χ4n) is 4.57. The number of fused-ring (bicyclic) bond motifs is 1. The Bertz CT molecular complexity index is 1590. The Morgan fingerprint density at radius 1 is 1.23 bits per heavy atom. The molecule has 11 nitrogen and oxygen atoms in total. The summed E-state index contributed by atoms with van der Waals surface area (Å²) >= 11 is 6.40. The van der Waals surface area contributed by atoms with Crippen LogP contribution in [0, 0.1) is 12.7 Å². The van der Waals surface area contributed by atoms with Gasteiger partial charge in [0.25, 0.3) is 5.91 Å². The molecule has 0 bridgehead atoms. The summed E-state index contributed by atoms with van der Waals surface area (Å²) in [5, 5.41) is 24.0. The topological polar surface area (TPSA) is 138 Å². The average molecular weight is 565 g/mol. The van der Waals surface area contributed by atoms with Gasteiger partial charge in [0.1, 0.15) is 11.9 Å². The minimum absolute atomic E-state index is 0.225. The third-order valence-corrected chi connectivity index (χ3v) is 6.89. The van der Waals surface area contributed by atoms with E-state index in [4.69, 9.17) is 11.6 Å². The summed E-state index contributed by atoms with van der Waals surface area (Å²) in [4.78, 5) is 38.0. The lowest BCUT2D eigenvalue weighted by molar-refractivity contribution is -0.126. The van der Waals surface area contributed by atoms with Crippen LogP contribution in [0.15, 0.2) is 48.8 Å². The van der Waals surface area contributed by atoms with Gasteiger partial charge in [-0.05, 0) is 48.7 Å². The highest BCUT2D eigenvalue weighted by molar-refractivity contribution is 6.33. The lowest BCUT2D eigenvalue weighted by Crippen LogP contribution is -2.46. The zero-order chi connectivity index (χ0) is 28.6. The van der Waals surface area contributed by atoms with Crippen molar-refractivity contribution in [3.63, 3.8) is 0 Å². The predicted octanol–water partition coefficient (Wildman–Crippen LogP) is 3.31. The molecular formula is C27H26ClFN8O3. The van der Waals surface area contributed by atoms with Crippen molar-refractivity contribution in [2.75, 3.05) is 11.9 Å². The summed E-state index contributed by atoms with van der Waals surface area (Å²) in [7, 11) is 1.69. The van der Waals surface area contributed by atoms with Gasteiger partial charge in [-0.25, -0.2) is 14.4 Å². The fraction of sp³-hybridized carbons (Fsp3) is 0.259. The molecule has 3 heterocycles. The number of rotatable bonds is 8. The van der Waals surface area contributed by atoms with Crippen molar-refractivity contribution >= 4 is 35.2 Å². The molecule has 3 N–H and O–H groups in total. The van der Waals surface area contributed by atoms with E-state index < -0.39 is 30.4 Å². The first-order valence-electron chi connectivity index (χ1n) is 12.4. The van der Waals surface area contributed by atoms with E-state index in [1.807, 2.05) is 0 Å². The summed E-state index contributed by atoms with van der Waals surface area (Å²) in [6, 6.07) is 7.94. The monoisotopic (exact) mass is 564 g/mol. The minimum Gasteiger partial charge on any atom is -0.394 e. The Labute approximate surface area is 234 Å². The van der Waals surface area contributed by atoms with Gasteiger partial charge in [0.15, 0.2) is 5.82 Å². The van der Waals surface area contributed by atoms with E-state index in [1.165, 1.54) is 34.2 Å². The van der Waals surface area contributed by atoms with Gasteiger partial charge in [0, 0.05) is 24.7 Å². The normalized spacial score (nSPS) is 14.2. The molecule has 1 aliphatic heterocycles. The lowest BCUT2D eigenvalue weighted by Gasteiger charge is -2.26. The molecule has 4 aromatic rings. The van der Waals surface area contributed by atoms with E-state index in [0.717, 1.165) is 5.56 Å². The largest absolute Gasteiger partial charge is 0.394 e. The van der Waals surface area contributed by atoms with Crippen LogP contribution in [-0.2, 0) is 18.4 Å². The quantitative estimate of drug-likeness (QED) is 0.296. The van der Waals surface area contributed by atoms with Gasteiger partial charge in [-0.1, -0.05) is 29.8 Å². The van der Waals surface area contributed by atoms with Gasteiger partial charge in [0.05, 0.1) is 35.8 Å². The highest BCUT2D eigenvalue weighted by atomic mass is 35.5. The van der Waals surface area contributed by atoms with Gasteiger partial charge in [-0.2, -0.15) is 9.90 Å². The van der Waals surface area contributed by atoms with Crippen LogP contribution in [0.3, 0.4) is 0 Å². The van der Waals surface area contributed by atoms with E-state index >= 15 is 0 Å². The van der Waals surface area contributed by atoms with Crippen molar-refractivity contribution in [2.45, 2.75) is 32.5 Å². The molecule has 0 saturated carbocycles. The SMILES string of the molecule is Cc1cc(F)cc([C@@H](CO)NC(=O)[C@@H](C)N2Cc3ccc(-c4nc(Nc5cnn(C)n5)ncc4Cl)cc3C2=O)c1. The van der Waals surface area contributed by atoms with E-state index in [-0.39, 0.29) is 18.4 Å². The Hall–Kier alpha value is -4.42. The Morgan fingerprint density at radius 2 is 2.02 bits per heavy atom. The zero-order valence-electron chi connectivity index (χ0n) is 21.9. The molecule has 0 spiro atoms. The highest BCUT2D eigenvalue weighted by Crippen LogP contribution is 2.32. The van der Waals surface area contributed by atoms with E-state index in [9.17, 15) is 19.1 Å². The van der Waals surface area contributed by atoms with Crippen molar-refractivity contribution in [1.82, 2.24) is 35.2 Å². The molecule has 0 saturated heterocycles. The molecule has 1 aliphatic rings. The molecule has 206 valence electrons. The number of aryl methyl sites for hydroxylation is 2. The van der Waals surface area contributed by atoms with Gasteiger partial charge in [-0.3, -0.25) is 9.59 Å². The second-order valence-corrected chi connectivity index (χ2v) is 9.93. The van der Waals surface area contributed by atoms with Crippen molar-refractivity contribution < 1.29 is 19.1 Å². The van der Waals surface area contributed by atoms with Crippen LogP contribution < -0.4 is 10.6 Å². The van der Waals surface area contributed by atoms with Crippen LogP contribution in [0.5, 0.6) is 0 Å². The summed E-state index contributed by atoms with van der Waals surface area (Å²) in [6.07, 6.45) is 2.98. The molecule has 13 heteroatoms. The third kappa shape index (κ3) is 5.49. The summed E-state index contributed by atoms with van der Waals surface area (Å²) in [6.45, 7) is 3.13. The highest BCUT2D eigenvalue weighted by Gasteiger charge is 2.35. The number of amides is 2. The third-order valence-electron chi connectivity index (χ3n) is 6.61. The molecule has 0 radical (unpaired) electrons. The van der Waals surface area contributed by atoms with E-state index in [1.54, 1.807) is 45.2 Å². The number of hydrogen-bond donors (Lipinski definition) is 3. The molecule has 40 heavy (non-hydrogen) atoms. The number of hydrogen-bond acceptors (Lipinski definition) is 8. The van der Waals surface area contributed by atoms with Crippen LogP contribution in [0.4, 0.5) is 16.2 Å². The summed E-state index contributed by atoms with van der Waals surface area (Å²) in [5.74, 6) is -0.549. The average Bonchev–Trinajstić information content (AvgIpc) is 3.48. The van der Waals surface area contributed by atoms with Crippen molar-refractivity contribution in [3.05, 3.63) is 81.9 Å². The smallest absolute Gasteiger partial charge is 0.255 e. The van der Waals surface area contributed by atoms with Gasteiger partial charge in [0.2, 0.25) is 11.9 Å². The summed E-state index contributed by atoms with van der Waals surface area (Å²) in [5.41, 5.74) is 3.29. The molecule has 2 aromatic heterocycles. The molecule has 2 amide bonds. The van der Waals surface area contributed by atoms with Gasteiger partial charge >= 0.3 is 0 Å². The molecule has 5 rings (SSSR count). The van der Waals surface area contributed by atoms with Crippen LogP contribution in [0.1, 0.15) is 40.0 Å². The number of nitrogens with one attached hydrogen (secondary N) is 2. The maximum absolute atomic E-state index is 13.9. The van der Waals surface area contributed by atoms with Crippen LogP contribution in [0.25, 0.3) is 11.3 Å². The van der Waals surface area contributed by atoms with Crippen LogP contribution >= 0.6 is 11.6 Å². The molecule has 0 unspecified atom stereocenters. The minimum atomic E-state index is -0.850. The Kier molecular flexibility index (Phi) is 7.46. The zero-order valence-corrected chi connectivity index (χ0v) is 22.6. The first-order chi connectivity index (χ1) is 19.1. The number of nitrogens with zero attached hydrogens (tertiary/aromatic N) is 6.